The van der Waals surface area contributed by atoms with E-state index in [1.54, 1.807) is 6.07 Å². The molecule has 1 aromatic rings. The number of esters is 1. The molecule has 1 amide bonds. The predicted octanol–water partition coefficient (Wildman–Crippen LogP) is 2.25. The number of amides is 1. The van der Waals surface area contributed by atoms with Gasteiger partial charge in [-0.15, -0.1) is 0 Å². The number of hydrogen-bond donors (Lipinski definition) is 2. The molecule has 1 atom stereocenters. The Bertz CT molecular complexity index is 796. The van der Waals surface area contributed by atoms with Crippen molar-refractivity contribution >= 4 is 34.9 Å². The van der Waals surface area contributed by atoms with Crippen molar-refractivity contribution in [3.63, 3.8) is 0 Å². The van der Waals surface area contributed by atoms with Crippen LogP contribution in [0.3, 0.4) is 0 Å². The zero-order chi connectivity index (χ0) is 20.3. The van der Waals surface area contributed by atoms with Crippen LogP contribution in [0.2, 0.25) is 5.02 Å². The summed E-state index contributed by atoms with van der Waals surface area (Å²) in [6.45, 7) is 4.14. The summed E-state index contributed by atoms with van der Waals surface area (Å²) in [4.78, 5) is 28.7. The quantitative estimate of drug-likeness (QED) is 0.704. The maximum Gasteiger partial charge on any atom is 0.337 e. The number of aliphatic hydroxyl groups is 1. The minimum absolute atomic E-state index is 0.102. The normalized spacial score (nSPS) is 20.0. The molecule has 152 valence electrons. The number of methoxy groups -OCH3 is 1. The molecule has 2 aliphatic rings. The van der Waals surface area contributed by atoms with Gasteiger partial charge in [0.1, 0.15) is 5.70 Å². The molecule has 3 rings (SSSR count). The molecule has 0 spiro atoms. The van der Waals surface area contributed by atoms with Gasteiger partial charge in [0.2, 0.25) is 0 Å². The van der Waals surface area contributed by atoms with Gasteiger partial charge in [0.25, 0.3) is 5.91 Å². The summed E-state index contributed by atoms with van der Waals surface area (Å²) in [6, 6.07) is 5.53. The summed E-state index contributed by atoms with van der Waals surface area (Å²) >= 11 is 6.22. The van der Waals surface area contributed by atoms with Gasteiger partial charge in [0, 0.05) is 24.7 Å². The summed E-state index contributed by atoms with van der Waals surface area (Å²) in [5, 5.41) is 12.9. The zero-order valence-corrected chi connectivity index (χ0v) is 17.0. The predicted molar refractivity (Wildman–Crippen MR) is 108 cm³/mol. The number of rotatable bonds is 6. The van der Waals surface area contributed by atoms with Gasteiger partial charge in [0.15, 0.2) is 0 Å². The summed E-state index contributed by atoms with van der Waals surface area (Å²) in [5.74, 6) is -0.325. The first-order valence-electron chi connectivity index (χ1n) is 9.47. The zero-order valence-electron chi connectivity index (χ0n) is 16.2. The van der Waals surface area contributed by atoms with Gasteiger partial charge in [-0.1, -0.05) is 18.5 Å². The molecule has 0 bridgehead atoms. The number of hydrogen-bond acceptors (Lipinski definition) is 6. The van der Waals surface area contributed by atoms with E-state index >= 15 is 0 Å². The molecule has 0 aromatic heterocycles. The minimum Gasteiger partial charge on any atom is -0.466 e. The van der Waals surface area contributed by atoms with E-state index in [4.69, 9.17) is 16.3 Å². The third-order valence-electron chi connectivity index (χ3n) is 5.17. The number of carbonyl (C=O) groups excluding carboxylic acids is 2. The summed E-state index contributed by atoms with van der Waals surface area (Å²) < 4.78 is 4.85. The number of β-amino-alcohol motifs (C(OH)–C–C–N with tert-alkyl or cyclic N) is 1. The van der Waals surface area contributed by atoms with Crippen molar-refractivity contribution in [2.45, 2.75) is 19.8 Å². The van der Waals surface area contributed by atoms with E-state index in [-0.39, 0.29) is 36.9 Å². The van der Waals surface area contributed by atoms with Crippen molar-refractivity contribution in [1.29, 1.82) is 0 Å². The maximum atomic E-state index is 12.8. The molecule has 0 aliphatic carbocycles. The lowest BCUT2D eigenvalue weighted by Gasteiger charge is -2.34. The van der Waals surface area contributed by atoms with Gasteiger partial charge in [-0.3, -0.25) is 4.79 Å². The summed E-state index contributed by atoms with van der Waals surface area (Å²) in [7, 11) is 1.28. The van der Waals surface area contributed by atoms with Crippen molar-refractivity contribution < 1.29 is 19.4 Å². The molecule has 28 heavy (non-hydrogen) atoms. The molecular formula is C20H26ClN3O4. The van der Waals surface area contributed by atoms with Gasteiger partial charge >= 0.3 is 5.97 Å². The lowest BCUT2D eigenvalue weighted by molar-refractivity contribution is -0.136. The number of ether oxygens (including phenoxy) is 1. The van der Waals surface area contributed by atoms with Gasteiger partial charge < -0.3 is 25.0 Å². The van der Waals surface area contributed by atoms with Crippen molar-refractivity contribution in [2.75, 3.05) is 50.1 Å². The molecule has 2 N–H and O–H groups in total. The van der Waals surface area contributed by atoms with E-state index in [2.05, 4.69) is 17.1 Å². The highest BCUT2D eigenvalue weighted by Crippen LogP contribution is 2.34. The lowest BCUT2D eigenvalue weighted by atomic mass is 9.99. The van der Waals surface area contributed by atoms with Crippen LogP contribution in [0.1, 0.15) is 19.8 Å². The van der Waals surface area contributed by atoms with Crippen LogP contribution in [-0.2, 0) is 14.3 Å². The largest absolute Gasteiger partial charge is 0.466 e. The van der Waals surface area contributed by atoms with Gasteiger partial charge in [-0.2, -0.15) is 0 Å². The van der Waals surface area contributed by atoms with Crippen LogP contribution >= 0.6 is 11.6 Å². The Labute approximate surface area is 169 Å². The second-order valence-electron chi connectivity index (χ2n) is 7.28. The van der Waals surface area contributed by atoms with Crippen LogP contribution in [0, 0.1) is 5.92 Å². The number of piperidine rings is 1. The fraction of sp³-hybridized carbons (Fsp3) is 0.500. The Morgan fingerprint density at radius 2 is 2.21 bits per heavy atom. The van der Waals surface area contributed by atoms with Crippen molar-refractivity contribution in [3.05, 3.63) is 34.5 Å². The van der Waals surface area contributed by atoms with Gasteiger partial charge in [-0.25, -0.2) is 4.79 Å². The van der Waals surface area contributed by atoms with Crippen LogP contribution in [0.5, 0.6) is 0 Å². The molecule has 1 saturated heterocycles. The fourth-order valence-electron chi connectivity index (χ4n) is 3.78. The Balaban J connectivity index is 1.95. The van der Waals surface area contributed by atoms with Crippen LogP contribution in [-0.4, -0.2) is 61.8 Å². The number of anilines is 2. The number of aliphatic hydroxyl groups excluding tert-OH is 1. The van der Waals surface area contributed by atoms with Crippen molar-refractivity contribution in [2.24, 2.45) is 5.92 Å². The Kier molecular flexibility index (Phi) is 6.46. The van der Waals surface area contributed by atoms with E-state index in [1.165, 1.54) is 18.4 Å². The van der Waals surface area contributed by atoms with Gasteiger partial charge in [0.05, 0.1) is 37.2 Å². The first-order chi connectivity index (χ1) is 13.4. The van der Waals surface area contributed by atoms with Gasteiger partial charge in [-0.05, 0) is 37.0 Å². The SMILES string of the molecule is COC(=O)C1=C(Nc2cc(Cl)ccc2N2CCCC(C)C2)C(=O)N(CCO)C1. The molecule has 2 heterocycles. The summed E-state index contributed by atoms with van der Waals surface area (Å²) in [5.41, 5.74) is 2.05. The number of nitrogens with zero attached hydrogens (tertiary/aromatic N) is 2. The molecule has 1 fully saturated rings. The molecule has 2 aliphatic heterocycles. The number of halogens is 1. The van der Waals surface area contributed by atoms with E-state index < -0.39 is 5.97 Å². The maximum absolute atomic E-state index is 12.8. The monoisotopic (exact) mass is 407 g/mol. The third-order valence-corrected chi connectivity index (χ3v) is 5.40. The van der Waals surface area contributed by atoms with E-state index in [1.807, 2.05) is 12.1 Å². The number of carbonyl (C=O) groups is 2. The van der Waals surface area contributed by atoms with Crippen LogP contribution in [0.25, 0.3) is 0 Å². The topological polar surface area (TPSA) is 82.1 Å². The molecule has 1 aromatic carbocycles. The van der Waals surface area contributed by atoms with E-state index in [9.17, 15) is 14.7 Å². The lowest BCUT2D eigenvalue weighted by Crippen LogP contribution is -2.35. The molecule has 0 radical (unpaired) electrons. The first-order valence-corrected chi connectivity index (χ1v) is 9.85. The Hall–Kier alpha value is -2.25. The fourth-order valence-corrected chi connectivity index (χ4v) is 3.95. The average Bonchev–Trinajstić information content (AvgIpc) is 2.97. The molecule has 1 unspecified atom stereocenters. The molecular weight excluding hydrogens is 382 g/mol. The second-order valence-corrected chi connectivity index (χ2v) is 7.71. The third kappa shape index (κ3) is 4.25. The second kappa shape index (κ2) is 8.84. The minimum atomic E-state index is -0.563. The van der Waals surface area contributed by atoms with Crippen LogP contribution < -0.4 is 10.2 Å². The number of nitrogens with one attached hydrogen (secondary N) is 1. The highest BCUT2D eigenvalue weighted by Gasteiger charge is 2.35. The Morgan fingerprint density at radius 1 is 1.43 bits per heavy atom. The van der Waals surface area contributed by atoms with E-state index in [0.29, 0.717) is 16.6 Å². The highest BCUT2D eigenvalue weighted by atomic mass is 35.5. The average molecular weight is 408 g/mol. The van der Waals surface area contributed by atoms with Crippen molar-refractivity contribution in [3.8, 4) is 0 Å². The Morgan fingerprint density at radius 3 is 2.89 bits per heavy atom. The first kappa shape index (κ1) is 20.5. The summed E-state index contributed by atoms with van der Waals surface area (Å²) in [6.07, 6.45) is 2.29. The van der Waals surface area contributed by atoms with Crippen molar-refractivity contribution in [1.82, 2.24) is 4.90 Å². The van der Waals surface area contributed by atoms with Crippen LogP contribution in [0.15, 0.2) is 29.5 Å². The standard InChI is InChI=1S/C20H26ClN3O4/c1-13-4-3-7-23(11-13)17-6-5-14(21)10-16(17)22-18-15(20(27)28-2)12-24(8-9-25)19(18)26/h5-6,10,13,22,25H,3-4,7-9,11-12H2,1-2H3. The molecule has 8 heteroatoms. The highest BCUT2D eigenvalue weighted by molar-refractivity contribution is 6.31. The van der Waals surface area contributed by atoms with E-state index in [0.717, 1.165) is 25.2 Å². The number of benzene rings is 1. The smallest absolute Gasteiger partial charge is 0.337 e. The van der Waals surface area contributed by atoms with Crippen LogP contribution in [0.4, 0.5) is 11.4 Å². The molecule has 7 nitrogen and oxygen atoms in total. The molecule has 0 saturated carbocycles.